The van der Waals surface area contributed by atoms with Crippen molar-refractivity contribution in [1.82, 2.24) is 4.98 Å². The van der Waals surface area contributed by atoms with Gasteiger partial charge in [0.05, 0.1) is 16.0 Å². The zero-order chi connectivity index (χ0) is 26.5. The minimum absolute atomic E-state index is 0.0422. The molecule has 1 N–H and O–H groups in total. The number of nitro benzene ring substituents is 1. The number of ether oxygens (including phenoxy) is 1. The number of nitrogens with zero attached hydrogens (tertiary/aromatic N) is 2. The maximum Gasteiger partial charge on any atom is 0.339 e. The number of para-hydroxylation sites is 1. The summed E-state index contributed by atoms with van der Waals surface area (Å²) in [6.07, 6.45) is 4.73. The number of amides is 1. The lowest BCUT2D eigenvalue weighted by Crippen LogP contribution is -2.22. The molecule has 0 bridgehead atoms. The van der Waals surface area contributed by atoms with E-state index in [1.807, 2.05) is 36.4 Å². The minimum atomic E-state index is -0.508. The van der Waals surface area contributed by atoms with Gasteiger partial charge >= 0.3 is 5.97 Å². The van der Waals surface area contributed by atoms with Crippen LogP contribution in [0.2, 0.25) is 0 Å². The molecule has 1 aromatic heterocycles. The summed E-state index contributed by atoms with van der Waals surface area (Å²) in [5.41, 5.74) is 3.78. The number of esters is 1. The number of pyridine rings is 1. The van der Waals surface area contributed by atoms with E-state index in [0.29, 0.717) is 11.3 Å². The number of carbonyl (C=O) groups excluding carboxylic acids is 2. The van der Waals surface area contributed by atoms with Crippen molar-refractivity contribution in [3.8, 4) is 0 Å². The van der Waals surface area contributed by atoms with Gasteiger partial charge in [0.15, 0.2) is 6.61 Å². The topological polar surface area (TPSA) is 111 Å². The van der Waals surface area contributed by atoms with Gasteiger partial charge in [-0.15, -0.1) is 0 Å². The van der Waals surface area contributed by atoms with Crippen molar-refractivity contribution >= 4 is 45.9 Å². The number of benzene rings is 3. The summed E-state index contributed by atoms with van der Waals surface area (Å²) in [4.78, 5) is 42.7. The summed E-state index contributed by atoms with van der Waals surface area (Å²) in [5.74, 6) is -0.940. The monoisotopic (exact) mass is 527 g/mol. The zero-order valence-corrected chi connectivity index (χ0v) is 21.3. The molecule has 0 aliphatic heterocycles. The van der Waals surface area contributed by atoms with E-state index in [-0.39, 0.29) is 5.69 Å². The molecule has 192 valence electrons. The number of anilines is 1. The van der Waals surface area contributed by atoms with Crippen LogP contribution < -0.4 is 5.32 Å². The van der Waals surface area contributed by atoms with Crippen molar-refractivity contribution in [2.75, 3.05) is 11.9 Å². The molecule has 1 amide bonds. The maximum absolute atomic E-state index is 13.2. The van der Waals surface area contributed by atoms with Gasteiger partial charge in [-0.3, -0.25) is 19.9 Å². The van der Waals surface area contributed by atoms with Crippen molar-refractivity contribution in [1.29, 1.82) is 0 Å². The predicted octanol–water partition coefficient (Wildman–Crippen LogP) is 6.36. The highest BCUT2D eigenvalue weighted by Crippen LogP contribution is 2.31. The summed E-state index contributed by atoms with van der Waals surface area (Å²) < 4.78 is 5.48. The van der Waals surface area contributed by atoms with Crippen LogP contribution in [0.4, 0.5) is 11.4 Å². The van der Waals surface area contributed by atoms with Crippen LogP contribution in [0.25, 0.3) is 10.9 Å². The zero-order valence-electron chi connectivity index (χ0n) is 20.5. The van der Waals surface area contributed by atoms with Crippen molar-refractivity contribution in [2.24, 2.45) is 0 Å². The van der Waals surface area contributed by atoms with E-state index < -0.39 is 23.4 Å². The van der Waals surface area contributed by atoms with Crippen LogP contribution in [0.15, 0.2) is 82.6 Å². The quantitative estimate of drug-likeness (QED) is 0.129. The average Bonchev–Trinajstić information content (AvgIpc) is 3.17. The van der Waals surface area contributed by atoms with Crippen LogP contribution in [0.1, 0.15) is 40.9 Å². The summed E-state index contributed by atoms with van der Waals surface area (Å²) >= 11 is 1.45. The van der Waals surface area contributed by atoms with Gasteiger partial charge in [0.2, 0.25) is 0 Å². The summed E-state index contributed by atoms with van der Waals surface area (Å²) in [7, 11) is 0. The van der Waals surface area contributed by atoms with Crippen LogP contribution in [0, 0.1) is 10.1 Å². The van der Waals surface area contributed by atoms with Crippen molar-refractivity contribution in [3.05, 3.63) is 99.7 Å². The molecule has 5 rings (SSSR count). The van der Waals surface area contributed by atoms with Gasteiger partial charge in [0.1, 0.15) is 0 Å². The van der Waals surface area contributed by atoms with Crippen molar-refractivity contribution in [3.63, 3.8) is 0 Å². The Kier molecular flexibility index (Phi) is 7.65. The Labute approximate surface area is 223 Å². The van der Waals surface area contributed by atoms with Gasteiger partial charge in [0.25, 0.3) is 11.6 Å². The second-order valence-electron chi connectivity index (χ2n) is 8.99. The Bertz CT molecular complexity index is 1500. The van der Waals surface area contributed by atoms with E-state index >= 15 is 0 Å². The molecule has 0 saturated heterocycles. The molecule has 0 unspecified atom stereocenters. The maximum atomic E-state index is 13.2. The number of nitro groups is 1. The van der Waals surface area contributed by atoms with Gasteiger partial charge < -0.3 is 10.1 Å². The van der Waals surface area contributed by atoms with Crippen LogP contribution in [-0.4, -0.2) is 28.4 Å². The molecule has 0 fully saturated rings. The van der Waals surface area contributed by atoms with Crippen LogP contribution in [0.3, 0.4) is 0 Å². The van der Waals surface area contributed by atoms with E-state index in [9.17, 15) is 19.7 Å². The molecular weight excluding hydrogens is 502 g/mol. The Balaban J connectivity index is 1.22. The number of rotatable bonds is 7. The number of fused-ring (bicyclic) bond motifs is 2. The highest BCUT2D eigenvalue weighted by Gasteiger charge is 2.23. The number of hydrogen-bond acceptors (Lipinski definition) is 7. The third kappa shape index (κ3) is 5.84. The Morgan fingerprint density at radius 3 is 2.34 bits per heavy atom. The van der Waals surface area contributed by atoms with Gasteiger partial charge in [0, 0.05) is 38.7 Å². The second kappa shape index (κ2) is 11.4. The SMILES string of the molecule is O=C(COC(=O)c1c2c(nc3ccccc13)CCCCC2)Nc1ccc(Sc2ccc([N+](=O)[O-])cc2)cc1. The van der Waals surface area contributed by atoms with E-state index in [1.54, 1.807) is 24.3 Å². The highest BCUT2D eigenvalue weighted by atomic mass is 32.2. The Morgan fingerprint density at radius 1 is 0.921 bits per heavy atom. The first-order valence-electron chi connectivity index (χ1n) is 12.4. The molecule has 1 aliphatic rings. The lowest BCUT2D eigenvalue weighted by atomic mass is 9.97. The molecule has 0 spiro atoms. The van der Waals surface area contributed by atoms with Crippen molar-refractivity contribution < 1.29 is 19.2 Å². The van der Waals surface area contributed by atoms with Gasteiger partial charge in [-0.1, -0.05) is 36.4 Å². The smallest absolute Gasteiger partial charge is 0.339 e. The summed E-state index contributed by atoms with van der Waals surface area (Å²) in [6, 6.07) is 21.0. The van der Waals surface area contributed by atoms with Crippen LogP contribution in [0.5, 0.6) is 0 Å². The molecule has 38 heavy (non-hydrogen) atoms. The minimum Gasteiger partial charge on any atom is -0.452 e. The van der Waals surface area contributed by atoms with Gasteiger partial charge in [-0.25, -0.2) is 4.79 Å². The second-order valence-corrected chi connectivity index (χ2v) is 10.1. The number of hydrogen-bond donors (Lipinski definition) is 1. The Hall–Kier alpha value is -4.24. The molecule has 0 atom stereocenters. The summed E-state index contributed by atoms with van der Waals surface area (Å²) in [6.45, 7) is -0.399. The molecule has 0 radical (unpaired) electrons. The number of nitrogens with one attached hydrogen (secondary N) is 1. The first-order chi connectivity index (χ1) is 18.5. The van der Waals surface area contributed by atoms with Gasteiger partial charge in [-0.2, -0.15) is 0 Å². The van der Waals surface area contributed by atoms with E-state index in [4.69, 9.17) is 9.72 Å². The number of carbonyl (C=O) groups is 2. The number of non-ortho nitro benzene ring substituents is 1. The Morgan fingerprint density at radius 2 is 1.61 bits per heavy atom. The molecule has 0 saturated carbocycles. The number of aryl methyl sites for hydroxylation is 1. The third-order valence-electron chi connectivity index (χ3n) is 6.38. The molecule has 1 heterocycles. The van der Waals surface area contributed by atoms with E-state index in [0.717, 1.165) is 64.1 Å². The standard InChI is InChI=1S/C29H25N3O5S/c33-27(30-19-10-14-21(15-11-19)38-22-16-12-20(13-17-22)32(35)36)18-37-29(34)28-23-6-2-1-3-8-25(23)31-26-9-5-4-7-24(26)28/h4-5,7,9-17H,1-3,6,8,18H2,(H,30,33). The van der Waals surface area contributed by atoms with Crippen LogP contribution >= 0.6 is 11.8 Å². The largest absolute Gasteiger partial charge is 0.452 e. The lowest BCUT2D eigenvalue weighted by Gasteiger charge is -2.15. The fourth-order valence-corrected chi connectivity index (χ4v) is 5.38. The molecule has 1 aliphatic carbocycles. The van der Waals surface area contributed by atoms with E-state index in [1.165, 1.54) is 23.9 Å². The van der Waals surface area contributed by atoms with Gasteiger partial charge in [-0.05, 0) is 73.7 Å². The fourth-order valence-electron chi connectivity index (χ4n) is 4.56. The normalized spacial score (nSPS) is 12.8. The molecular formula is C29H25N3O5S. The predicted molar refractivity (Wildman–Crippen MR) is 146 cm³/mol. The fraction of sp³-hybridized carbons (Fsp3) is 0.207. The molecule has 8 nitrogen and oxygen atoms in total. The van der Waals surface area contributed by atoms with Crippen molar-refractivity contribution in [2.45, 2.75) is 41.9 Å². The molecule has 9 heteroatoms. The summed E-state index contributed by atoms with van der Waals surface area (Å²) in [5, 5.41) is 14.3. The van der Waals surface area contributed by atoms with Crippen LogP contribution in [-0.2, 0) is 22.4 Å². The number of aromatic nitrogens is 1. The van der Waals surface area contributed by atoms with E-state index in [2.05, 4.69) is 5.32 Å². The first kappa shape index (κ1) is 25.4. The molecule has 4 aromatic rings. The molecule has 3 aromatic carbocycles. The third-order valence-corrected chi connectivity index (χ3v) is 7.39. The highest BCUT2D eigenvalue weighted by molar-refractivity contribution is 7.99. The average molecular weight is 528 g/mol. The first-order valence-corrected chi connectivity index (χ1v) is 13.2. The lowest BCUT2D eigenvalue weighted by molar-refractivity contribution is -0.384.